The van der Waals surface area contributed by atoms with E-state index < -0.39 is 0 Å². The Kier molecular flexibility index (Phi) is 3.92. The summed E-state index contributed by atoms with van der Waals surface area (Å²) in [6.45, 7) is 4.71. The van der Waals surface area contributed by atoms with Crippen LogP contribution in [0.2, 0.25) is 0 Å². The van der Waals surface area contributed by atoms with Crippen LogP contribution in [-0.4, -0.2) is 17.4 Å². The smallest absolute Gasteiger partial charge is 0.253 e. The minimum Gasteiger partial charge on any atom is -0.352 e. The standard InChI is InChI=1S/C15H18N2O/c1-3-4-9-16-15(18)13-10-12-7-5-6-8-14(12)17-11(13)2/h5-8,10H,3-4,9H2,1-2H3,(H,16,18). The molecule has 3 heteroatoms. The van der Waals surface area contributed by atoms with Crippen molar-refractivity contribution >= 4 is 16.8 Å². The molecule has 1 aromatic carbocycles. The molecule has 1 aromatic heterocycles. The maximum absolute atomic E-state index is 12.0. The Hall–Kier alpha value is -1.90. The second kappa shape index (κ2) is 5.63. The van der Waals surface area contributed by atoms with Crippen molar-refractivity contribution < 1.29 is 4.79 Å². The second-order valence-electron chi connectivity index (χ2n) is 4.42. The minimum atomic E-state index is -0.0285. The van der Waals surface area contributed by atoms with E-state index in [9.17, 15) is 4.79 Å². The van der Waals surface area contributed by atoms with Crippen LogP contribution in [0, 0.1) is 6.92 Å². The van der Waals surface area contributed by atoms with Gasteiger partial charge < -0.3 is 5.32 Å². The van der Waals surface area contributed by atoms with Crippen molar-refractivity contribution in [2.75, 3.05) is 6.54 Å². The predicted octanol–water partition coefficient (Wildman–Crippen LogP) is 3.07. The summed E-state index contributed by atoms with van der Waals surface area (Å²) < 4.78 is 0. The van der Waals surface area contributed by atoms with Crippen LogP contribution in [0.25, 0.3) is 10.9 Å². The summed E-state index contributed by atoms with van der Waals surface area (Å²) in [5.74, 6) is -0.0285. The first-order chi connectivity index (χ1) is 8.72. The van der Waals surface area contributed by atoms with Gasteiger partial charge in [0.1, 0.15) is 0 Å². The largest absolute Gasteiger partial charge is 0.352 e. The molecule has 0 bridgehead atoms. The summed E-state index contributed by atoms with van der Waals surface area (Å²) in [4.78, 5) is 16.5. The van der Waals surface area contributed by atoms with Crippen LogP contribution >= 0.6 is 0 Å². The lowest BCUT2D eigenvalue weighted by molar-refractivity contribution is 0.0952. The number of aryl methyl sites for hydroxylation is 1. The third-order valence-electron chi connectivity index (χ3n) is 2.98. The number of carbonyl (C=O) groups is 1. The number of nitrogens with one attached hydrogen (secondary N) is 1. The van der Waals surface area contributed by atoms with Crippen LogP contribution in [0.15, 0.2) is 30.3 Å². The van der Waals surface area contributed by atoms with Crippen LogP contribution < -0.4 is 5.32 Å². The number of pyridine rings is 1. The summed E-state index contributed by atoms with van der Waals surface area (Å²) in [6, 6.07) is 9.76. The van der Waals surface area contributed by atoms with Crippen LogP contribution in [0.1, 0.15) is 35.8 Å². The zero-order valence-electron chi connectivity index (χ0n) is 10.9. The van der Waals surface area contributed by atoms with E-state index in [1.54, 1.807) is 0 Å². The molecule has 1 heterocycles. The molecule has 0 aliphatic heterocycles. The number of nitrogens with zero attached hydrogens (tertiary/aromatic N) is 1. The fourth-order valence-electron chi connectivity index (χ4n) is 1.92. The van der Waals surface area contributed by atoms with Gasteiger partial charge in [0, 0.05) is 11.9 Å². The van der Waals surface area contributed by atoms with Crippen molar-refractivity contribution in [2.45, 2.75) is 26.7 Å². The summed E-state index contributed by atoms with van der Waals surface area (Å²) in [6.07, 6.45) is 2.08. The van der Waals surface area contributed by atoms with Crippen LogP contribution in [0.5, 0.6) is 0 Å². The van der Waals surface area contributed by atoms with Gasteiger partial charge >= 0.3 is 0 Å². The highest BCUT2D eigenvalue weighted by Crippen LogP contribution is 2.16. The average Bonchev–Trinajstić information content (AvgIpc) is 2.38. The van der Waals surface area contributed by atoms with E-state index in [0.29, 0.717) is 5.56 Å². The summed E-state index contributed by atoms with van der Waals surface area (Å²) in [5.41, 5.74) is 2.38. The van der Waals surface area contributed by atoms with Crippen molar-refractivity contribution in [1.82, 2.24) is 10.3 Å². The topological polar surface area (TPSA) is 42.0 Å². The van der Waals surface area contributed by atoms with E-state index in [1.807, 2.05) is 37.3 Å². The lowest BCUT2D eigenvalue weighted by Crippen LogP contribution is -2.25. The number of hydrogen-bond acceptors (Lipinski definition) is 2. The van der Waals surface area contributed by atoms with E-state index in [-0.39, 0.29) is 5.91 Å². The maximum Gasteiger partial charge on any atom is 0.253 e. The molecule has 94 valence electrons. The Bertz CT molecular complexity index is 563. The Balaban J connectivity index is 2.27. The third-order valence-corrected chi connectivity index (χ3v) is 2.98. The molecule has 0 saturated heterocycles. The van der Waals surface area contributed by atoms with E-state index >= 15 is 0 Å². The molecule has 1 amide bonds. The lowest BCUT2D eigenvalue weighted by atomic mass is 10.1. The fourth-order valence-corrected chi connectivity index (χ4v) is 1.92. The summed E-state index contributed by atoms with van der Waals surface area (Å²) >= 11 is 0. The molecule has 2 aromatic rings. The number of fused-ring (bicyclic) bond motifs is 1. The predicted molar refractivity (Wildman–Crippen MR) is 73.7 cm³/mol. The molecule has 0 aliphatic carbocycles. The number of unbranched alkanes of at least 4 members (excludes halogenated alkanes) is 1. The van der Waals surface area contributed by atoms with Crippen LogP contribution in [-0.2, 0) is 0 Å². The molecule has 0 aliphatic rings. The zero-order valence-corrected chi connectivity index (χ0v) is 10.9. The van der Waals surface area contributed by atoms with Gasteiger partial charge in [0.2, 0.25) is 0 Å². The highest BCUT2D eigenvalue weighted by Gasteiger charge is 2.10. The number of amides is 1. The first-order valence-electron chi connectivity index (χ1n) is 6.37. The minimum absolute atomic E-state index is 0.0285. The molecule has 0 spiro atoms. The number of carbonyl (C=O) groups excluding carboxylic acids is 1. The van der Waals surface area contributed by atoms with Gasteiger partial charge in [-0.3, -0.25) is 9.78 Å². The average molecular weight is 242 g/mol. The molecule has 0 radical (unpaired) electrons. The molecule has 0 fully saturated rings. The van der Waals surface area contributed by atoms with E-state index in [4.69, 9.17) is 0 Å². The Labute approximate surface area is 107 Å². The zero-order chi connectivity index (χ0) is 13.0. The number of benzene rings is 1. The Morgan fingerprint density at radius 1 is 1.33 bits per heavy atom. The van der Waals surface area contributed by atoms with Gasteiger partial charge in [-0.05, 0) is 25.5 Å². The quantitative estimate of drug-likeness (QED) is 0.837. The number of para-hydroxylation sites is 1. The normalized spacial score (nSPS) is 10.6. The van der Waals surface area contributed by atoms with Crippen molar-refractivity contribution in [1.29, 1.82) is 0 Å². The SMILES string of the molecule is CCCCNC(=O)c1cc2ccccc2nc1C. The monoisotopic (exact) mass is 242 g/mol. The van der Waals surface area contributed by atoms with Crippen LogP contribution in [0.4, 0.5) is 0 Å². The Morgan fingerprint density at radius 3 is 2.89 bits per heavy atom. The lowest BCUT2D eigenvalue weighted by Gasteiger charge is -2.08. The summed E-state index contributed by atoms with van der Waals surface area (Å²) in [7, 11) is 0. The van der Waals surface area contributed by atoms with Gasteiger partial charge in [-0.1, -0.05) is 31.5 Å². The van der Waals surface area contributed by atoms with Crippen molar-refractivity contribution in [3.8, 4) is 0 Å². The molecule has 2 rings (SSSR count). The molecule has 0 saturated carbocycles. The van der Waals surface area contributed by atoms with Gasteiger partial charge in [0.15, 0.2) is 0 Å². The molecule has 3 nitrogen and oxygen atoms in total. The molecular weight excluding hydrogens is 224 g/mol. The van der Waals surface area contributed by atoms with Gasteiger partial charge in [0.25, 0.3) is 5.91 Å². The van der Waals surface area contributed by atoms with Gasteiger partial charge in [0.05, 0.1) is 16.8 Å². The number of aromatic nitrogens is 1. The first kappa shape index (κ1) is 12.6. The fraction of sp³-hybridized carbons (Fsp3) is 0.333. The van der Waals surface area contributed by atoms with Crippen molar-refractivity contribution in [3.63, 3.8) is 0 Å². The molecule has 0 atom stereocenters. The van der Waals surface area contributed by atoms with E-state index in [2.05, 4.69) is 17.2 Å². The number of hydrogen-bond donors (Lipinski definition) is 1. The number of rotatable bonds is 4. The maximum atomic E-state index is 12.0. The third kappa shape index (κ3) is 2.67. The first-order valence-corrected chi connectivity index (χ1v) is 6.37. The van der Waals surface area contributed by atoms with Gasteiger partial charge in [-0.2, -0.15) is 0 Å². The summed E-state index contributed by atoms with van der Waals surface area (Å²) in [5, 5.41) is 3.93. The van der Waals surface area contributed by atoms with Crippen molar-refractivity contribution in [2.24, 2.45) is 0 Å². The van der Waals surface area contributed by atoms with Crippen LogP contribution in [0.3, 0.4) is 0 Å². The van der Waals surface area contributed by atoms with Crippen molar-refractivity contribution in [3.05, 3.63) is 41.6 Å². The van der Waals surface area contributed by atoms with E-state index in [1.165, 1.54) is 0 Å². The Morgan fingerprint density at radius 2 is 2.11 bits per heavy atom. The van der Waals surface area contributed by atoms with E-state index in [0.717, 1.165) is 36.0 Å². The molecular formula is C15H18N2O. The highest BCUT2D eigenvalue weighted by atomic mass is 16.1. The van der Waals surface area contributed by atoms with Gasteiger partial charge in [-0.25, -0.2) is 0 Å². The second-order valence-corrected chi connectivity index (χ2v) is 4.42. The highest BCUT2D eigenvalue weighted by molar-refractivity contribution is 5.98. The molecule has 0 unspecified atom stereocenters. The van der Waals surface area contributed by atoms with Gasteiger partial charge in [-0.15, -0.1) is 0 Å². The molecule has 18 heavy (non-hydrogen) atoms. The molecule has 1 N–H and O–H groups in total.